The topological polar surface area (TPSA) is 64.9 Å². The monoisotopic (exact) mass is 217 g/mol. The molecule has 1 heterocycles. The molecule has 0 aromatic carbocycles. The zero-order valence-corrected chi connectivity index (χ0v) is 9.09. The van der Waals surface area contributed by atoms with Gasteiger partial charge in [0.25, 0.3) is 0 Å². The second-order valence-electron chi connectivity index (χ2n) is 3.79. The minimum absolute atomic E-state index is 0. The lowest BCUT2D eigenvalue weighted by Gasteiger charge is -2.22. The van der Waals surface area contributed by atoms with Crippen molar-refractivity contribution in [3.05, 3.63) is 11.7 Å². The van der Waals surface area contributed by atoms with E-state index >= 15 is 0 Å². The van der Waals surface area contributed by atoms with E-state index in [9.17, 15) is 0 Å². The summed E-state index contributed by atoms with van der Waals surface area (Å²) >= 11 is 0. The van der Waals surface area contributed by atoms with E-state index < -0.39 is 0 Å². The van der Waals surface area contributed by atoms with Crippen molar-refractivity contribution >= 4 is 12.4 Å². The van der Waals surface area contributed by atoms with Crippen molar-refractivity contribution in [2.45, 2.75) is 44.6 Å². The van der Waals surface area contributed by atoms with Gasteiger partial charge in [0.05, 0.1) is 0 Å². The molecule has 14 heavy (non-hydrogen) atoms. The molecule has 0 saturated heterocycles. The van der Waals surface area contributed by atoms with Gasteiger partial charge in [0.1, 0.15) is 0 Å². The standard InChI is InChI=1S/C9H15N3O.ClH/c1-6-11-9(13-12-6)7-2-4-8(10)5-3-7;/h7-8H,2-5,10H2,1H3;1H. The lowest BCUT2D eigenvalue weighted by Crippen LogP contribution is -2.25. The third-order valence-electron chi connectivity index (χ3n) is 2.66. The first kappa shape index (κ1) is 11.5. The molecule has 1 saturated carbocycles. The van der Waals surface area contributed by atoms with Crippen molar-refractivity contribution in [3.63, 3.8) is 0 Å². The molecule has 0 spiro atoms. The zero-order chi connectivity index (χ0) is 9.26. The second kappa shape index (κ2) is 4.75. The number of hydrogen-bond acceptors (Lipinski definition) is 4. The fourth-order valence-corrected chi connectivity index (χ4v) is 1.85. The Kier molecular flexibility index (Phi) is 3.89. The number of hydrogen-bond donors (Lipinski definition) is 1. The molecule has 80 valence electrons. The summed E-state index contributed by atoms with van der Waals surface area (Å²) in [6.45, 7) is 1.85. The van der Waals surface area contributed by atoms with Gasteiger partial charge in [0.2, 0.25) is 5.89 Å². The summed E-state index contributed by atoms with van der Waals surface area (Å²) in [5.41, 5.74) is 5.81. The molecule has 1 aromatic rings. The summed E-state index contributed by atoms with van der Waals surface area (Å²) in [7, 11) is 0. The molecule has 2 rings (SSSR count). The normalized spacial score (nSPS) is 27.0. The highest BCUT2D eigenvalue weighted by atomic mass is 35.5. The molecule has 4 nitrogen and oxygen atoms in total. The molecule has 2 N–H and O–H groups in total. The van der Waals surface area contributed by atoms with E-state index in [1.165, 1.54) is 0 Å². The fourth-order valence-electron chi connectivity index (χ4n) is 1.85. The number of rotatable bonds is 1. The van der Waals surface area contributed by atoms with Gasteiger partial charge in [-0.15, -0.1) is 12.4 Å². The molecular formula is C9H16ClN3O. The van der Waals surface area contributed by atoms with E-state index in [-0.39, 0.29) is 12.4 Å². The first-order valence-electron chi connectivity index (χ1n) is 4.81. The van der Waals surface area contributed by atoms with Crippen LogP contribution in [0.4, 0.5) is 0 Å². The van der Waals surface area contributed by atoms with Crippen LogP contribution in [0.2, 0.25) is 0 Å². The van der Waals surface area contributed by atoms with Crippen molar-refractivity contribution in [1.82, 2.24) is 10.1 Å². The van der Waals surface area contributed by atoms with Crippen molar-refractivity contribution in [2.75, 3.05) is 0 Å². The average molecular weight is 218 g/mol. The number of nitrogens with zero attached hydrogens (tertiary/aromatic N) is 2. The van der Waals surface area contributed by atoms with Crippen LogP contribution in [0.25, 0.3) is 0 Å². The summed E-state index contributed by atoms with van der Waals surface area (Å²) in [4.78, 5) is 4.24. The molecule has 0 amide bonds. The number of halogens is 1. The zero-order valence-electron chi connectivity index (χ0n) is 8.27. The largest absolute Gasteiger partial charge is 0.339 e. The maximum absolute atomic E-state index is 5.81. The molecule has 0 unspecified atom stereocenters. The first-order valence-corrected chi connectivity index (χ1v) is 4.81. The number of aryl methyl sites for hydroxylation is 1. The highest BCUT2D eigenvalue weighted by Gasteiger charge is 2.23. The molecule has 0 bridgehead atoms. The Balaban J connectivity index is 0.000000980. The highest BCUT2D eigenvalue weighted by Crippen LogP contribution is 2.30. The first-order chi connectivity index (χ1) is 6.25. The molecule has 1 aliphatic carbocycles. The van der Waals surface area contributed by atoms with E-state index in [1.807, 2.05) is 6.92 Å². The van der Waals surface area contributed by atoms with E-state index in [0.717, 1.165) is 37.4 Å². The number of nitrogens with two attached hydrogens (primary N) is 1. The van der Waals surface area contributed by atoms with Crippen LogP contribution in [-0.2, 0) is 0 Å². The lowest BCUT2D eigenvalue weighted by atomic mass is 9.86. The Morgan fingerprint density at radius 2 is 1.93 bits per heavy atom. The van der Waals surface area contributed by atoms with Crippen LogP contribution < -0.4 is 5.73 Å². The van der Waals surface area contributed by atoms with Crippen LogP contribution in [0.5, 0.6) is 0 Å². The maximum Gasteiger partial charge on any atom is 0.229 e. The van der Waals surface area contributed by atoms with Gasteiger partial charge in [-0.2, -0.15) is 4.98 Å². The smallest absolute Gasteiger partial charge is 0.229 e. The predicted octanol–water partition coefficient (Wildman–Crippen LogP) is 1.78. The third-order valence-corrected chi connectivity index (χ3v) is 2.66. The molecule has 0 radical (unpaired) electrons. The fraction of sp³-hybridized carbons (Fsp3) is 0.778. The van der Waals surface area contributed by atoms with Gasteiger partial charge in [-0.3, -0.25) is 0 Å². The van der Waals surface area contributed by atoms with E-state index in [1.54, 1.807) is 0 Å². The summed E-state index contributed by atoms with van der Waals surface area (Å²) < 4.78 is 5.14. The van der Waals surface area contributed by atoms with Gasteiger partial charge in [0, 0.05) is 12.0 Å². The highest BCUT2D eigenvalue weighted by molar-refractivity contribution is 5.85. The van der Waals surface area contributed by atoms with Gasteiger partial charge in [0.15, 0.2) is 5.82 Å². The molecule has 0 aliphatic heterocycles. The molecule has 0 atom stereocenters. The SMILES string of the molecule is Cc1noc(C2CCC(N)CC2)n1.Cl. The van der Waals surface area contributed by atoms with Gasteiger partial charge < -0.3 is 10.3 Å². The predicted molar refractivity (Wildman–Crippen MR) is 55.5 cm³/mol. The van der Waals surface area contributed by atoms with Gasteiger partial charge in [-0.1, -0.05) is 5.16 Å². The lowest BCUT2D eigenvalue weighted by molar-refractivity contribution is 0.300. The van der Waals surface area contributed by atoms with Crippen LogP contribution in [0.1, 0.15) is 43.3 Å². The number of aromatic nitrogens is 2. The van der Waals surface area contributed by atoms with E-state index in [0.29, 0.717) is 12.0 Å². The minimum Gasteiger partial charge on any atom is -0.339 e. The van der Waals surface area contributed by atoms with E-state index in [4.69, 9.17) is 10.3 Å². The van der Waals surface area contributed by atoms with Crippen LogP contribution in [-0.4, -0.2) is 16.2 Å². The summed E-state index contributed by atoms with van der Waals surface area (Å²) in [6, 6.07) is 0.375. The van der Waals surface area contributed by atoms with Gasteiger partial charge in [-0.25, -0.2) is 0 Å². The summed E-state index contributed by atoms with van der Waals surface area (Å²) in [5, 5.41) is 3.79. The molecule has 5 heteroatoms. The summed E-state index contributed by atoms with van der Waals surface area (Å²) in [5.74, 6) is 1.97. The Hall–Kier alpha value is -0.610. The van der Waals surface area contributed by atoms with Gasteiger partial charge >= 0.3 is 0 Å². The van der Waals surface area contributed by atoms with Crippen LogP contribution in [0.3, 0.4) is 0 Å². The molecule has 1 aliphatic rings. The van der Waals surface area contributed by atoms with Crippen LogP contribution in [0, 0.1) is 6.92 Å². The summed E-state index contributed by atoms with van der Waals surface area (Å²) in [6.07, 6.45) is 4.32. The quantitative estimate of drug-likeness (QED) is 0.779. The van der Waals surface area contributed by atoms with Crippen molar-refractivity contribution in [3.8, 4) is 0 Å². The van der Waals surface area contributed by atoms with Crippen molar-refractivity contribution in [1.29, 1.82) is 0 Å². The Morgan fingerprint density at radius 1 is 1.29 bits per heavy atom. The second-order valence-corrected chi connectivity index (χ2v) is 3.79. The van der Waals surface area contributed by atoms with E-state index in [2.05, 4.69) is 10.1 Å². The minimum atomic E-state index is 0. The average Bonchev–Trinajstić information content (AvgIpc) is 2.53. The Labute approximate surface area is 89.7 Å². The van der Waals surface area contributed by atoms with Crippen molar-refractivity contribution < 1.29 is 4.52 Å². The van der Waals surface area contributed by atoms with Crippen LogP contribution >= 0.6 is 12.4 Å². The van der Waals surface area contributed by atoms with Crippen LogP contribution in [0.15, 0.2) is 4.52 Å². The third kappa shape index (κ3) is 2.45. The molecular weight excluding hydrogens is 202 g/mol. The Morgan fingerprint density at radius 3 is 2.43 bits per heavy atom. The molecule has 1 aromatic heterocycles. The molecule has 1 fully saturated rings. The Bertz CT molecular complexity index is 281. The maximum atomic E-state index is 5.81. The van der Waals surface area contributed by atoms with Crippen molar-refractivity contribution in [2.24, 2.45) is 5.73 Å². The van der Waals surface area contributed by atoms with Gasteiger partial charge in [-0.05, 0) is 32.6 Å².